The highest BCUT2D eigenvalue weighted by molar-refractivity contribution is 7.99. The molecule has 29 heavy (non-hydrogen) atoms. The van der Waals surface area contributed by atoms with Gasteiger partial charge in [0.05, 0.1) is 5.75 Å². The molecule has 0 fully saturated rings. The Morgan fingerprint density at radius 1 is 1.28 bits per heavy atom. The molecule has 3 aromatic rings. The fraction of sp³-hybridized carbons (Fsp3) is 0.316. The summed E-state index contributed by atoms with van der Waals surface area (Å²) in [6.07, 6.45) is 1.76. The highest BCUT2D eigenvalue weighted by atomic mass is 32.2. The maximum absolute atomic E-state index is 12.2. The highest BCUT2D eigenvalue weighted by Crippen LogP contribution is 2.23. The van der Waals surface area contributed by atoms with E-state index in [0.29, 0.717) is 22.7 Å². The fourth-order valence-electron chi connectivity index (χ4n) is 2.50. The molecule has 2 heterocycles. The van der Waals surface area contributed by atoms with Crippen LogP contribution >= 0.6 is 23.1 Å². The SMILES string of the molecule is C=CCn1c(COc2cccc(C)c2C)nnc1SCC(=O)Nc1nnc(C)s1. The van der Waals surface area contributed by atoms with Crippen LogP contribution in [0.1, 0.15) is 22.0 Å². The van der Waals surface area contributed by atoms with Gasteiger partial charge in [0.1, 0.15) is 17.4 Å². The summed E-state index contributed by atoms with van der Waals surface area (Å²) in [4.78, 5) is 12.2. The number of hydrogen-bond donors (Lipinski definition) is 1. The lowest BCUT2D eigenvalue weighted by Gasteiger charge is -2.11. The number of nitrogens with zero attached hydrogens (tertiary/aromatic N) is 5. The van der Waals surface area contributed by atoms with Crippen molar-refractivity contribution in [3.8, 4) is 5.75 Å². The lowest BCUT2D eigenvalue weighted by Crippen LogP contribution is -2.15. The Hall–Kier alpha value is -2.72. The summed E-state index contributed by atoms with van der Waals surface area (Å²) >= 11 is 2.63. The second kappa shape index (κ2) is 9.66. The van der Waals surface area contributed by atoms with Gasteiger partial charge in [0, 0.05) is 6.54 Å². The van der Waals surface area contributed by atoms with E-state index in [4.69, 9.17) is 4.74 Å². The first-order chi connectivity index (χ1) is 14.0. The van der Waals surface area contributed by atoms with E-state index in [-0.39, 0.29) is 18.3 Å². The van der Waals surface area contributed by atoms with Crippen molar-refractivity contribution in [2.45, 2.75) is 39.1 Å². The monoisotopic (exact) mass is 430 g/mol. The fourth-order valence-corrected chi connectivity index (χ4v) is 3.88. The van der Waals surface area contributed by atoms with Crippen LogP contribution in [0.25, 0.3) is 0 Å². The minimum Gasteiger partial charge on any atom is -0.485 e. The number of aryl methyl sites for hydroxylation is 2. The number of hydrogen-bond acceptors (Lipinski definition) is 8. The minimum atomic E-state index is -0.174. The third-order valence-corrected chi connectivity index (χ3v) is 5.84. The Labute approximate surface area is 177 Å². The maximum Gasteiger partial charge on any atom is 0.236 e. The van der Waals surface area contributed by atoms with E-state index >= 15 is 0 Å². The third-order valence-electron chi connectivity index (χ3n) is 4.12. The molecule has 1 aromatic carbocycles. The summed E-state index contributed by atoms with van der Waals surface area (Å²) in [7, 11) is 0. The largest absolute Gasteiger partial charge is 0.485 e. The number of carbonyl (C=O) groups excluding carboxylic acids is 1. The molecule has 1 N–H and O–H groups in total. The van der Waals surface area contributed by atoms with Crippen molar-refractivity contribution in [1.82, 2.24) is 25.0 Å². The Morgan fingerprint density at radius 3 is 2.83 bits per heavy atom. The van der Waals surface area contributed by atoms with Gasteiger partial charge >= 0.3 is 0 Å². The van der Waals surface area contributed by atoms with Crippen molar-refractivity contribution in [3.63, 3.8) is 0 Å². The summed E-state index contributed by atoms with van der Waals surface area (Å²) in [6.45, 7) is 10.5. The van der Waals surface area contributed by atoms with Gasteiger partial charge in [-0.25, -0.2) is 0 Å². The van der Waals surface area contributed by atoms with Crippen molar-refractivity contribution < 1.29 is 9.53 Å². The normalized spacial score (nSPS) is 10.7. The Kier molecular flexibility index (Phi) is 6.99. The second-order valence-electron chi connectivity index (χ2n) is 6.25. The standard InChI is InChI=1S/C19H22N6O2S2/c1-5-9-25-16(10-27-15-8-6-7-12(2)13(15)3)22-24-19(25)28-11-17(26)20-18-23-21-14(4)29-18/h5-8H,1,9-11H2,2-4H3,(H,20,23,26). The number of anilines is 1. The van der Waals surface area contributed by atoms with E-state index < -0.39 is 0 Å². The van der Waals surface area contributed by atoms with Crippen LogP contribution in [-0.2, 0) is 17.9 Å². The molecule has 0 atom stereocenters. The Bertz CT molecular complexity index is 1010. The number of thioether (sulfide) groups is 1. The lowest BCUT2D eigenvalue weighted by atomic mass is 10.1. The highest BCUT2D eigenvalue weighted by Gasteiger charge is 2.15. The zero-order chi connectivity index (χ0) is 20.8. The van der Waals surface area contributed by atoms with Crippen LogP contribution in [0.3, 0.4) is 0 Å². The maximum atomic E-state index is 12.2. The first kappa shape index (κ1) is 21.0. The quantitative estimate of drug-likeness (QED) is 0.410. The van der Waals surface area contributed by atoms with Crippen molar-refractivity contribution in [2.75, 3.05) is 11.1 Å². The molecule has 2 aromatic heterocycles. The molecule has 0 aliphatic carbocycles. The number of rotatable bonds is 9. The van der Waals surface area contributed by atoms with Gasteiger partial charge in [0.2, 0.25) is 11.0 Å². The van der Waals surface area contributed by atoms with E-state index in [0.717, 1.165) is 16.3 Å². The first-order valence-corrected chi connectivity index (χ1v) is 10.7. The number of amides is 1. The van der Waals surface area contributed by atoms with Gasteiger partial charge in [-0.2, -0.15) is 0 Å². The number of allylic oxidation sites excluding steroid dienone is 1. The molecule has 0 saturated heterocycles. The number of benzene rings is 1. The summed E-state index contributed by atoms with van der Waals surface area (Å²) in [5.41, 5.74) is 2.27. The van der Waals surface area contributed by atoms with E-state index in [2.05, 4.69) is 32.3 Å². The molecule has 0 aliphatic rings. The first-order valence-electron chi connectivity index (χ1n) is 8.92. The van der Waals surface area contributed by atoms with Gasteiger partial charge in [0.25, 0.3) is 0 Å². The molecule has 0 unspecified atom stereocenters. The molecule has 0 aliphatic heterocycles. The molecule has 0 bridgehead atoms. The van der Waals surface area contributed by atoms with E-state index in [9.17, 15) is 4.79 Å². The van der Waals surface area contributed by atoms with Crippen LogP contribution in [0, 0.1) is 20.8 Å². The van der Waals surface area contributed by atoms with Crippen LogP contribution in [0.15, 0.2) is 36.0 Å². The molecule has 8 nitrogen and oxygen atoms in total. The molecule has 0 saturated carbocycles. The minimum absolute atomic E-state index is 0.174. The average molecular weight is 431 g/mol. The number of aromatic nitrogens is 5. The van der Waals surface area contributed by atoms with Gasteiger partial charge in [-0.05, 0) is 38.0 Å². The van der Waals surface area contributed by atoms with Gasteiger partial charge in [-0.15, -0.1) is 27.0 Å². The zero-order valence-corrected chi connectivity index (χ0v) is 18.1. The van der Waals surface area contributed by atoms with Crippen LogP contribution < -0.4 is 10.1 Å². The number of ether oxygens (including phenoxy) is 1. The molecular formula is C19H22N6O2S2. The predicted octanol–water partition coefficient (Wildman–Crippen LogP) is 3.55. The second-order valence-corrected chi connectivity index (χ2v) is 8.37. The third kappa shape index (κ3) is 5.42. The topological polar surface area (TPSA) is 94.8 Å². The number of nitrogens with one attached hydrogen (secondary N) is 1. The van der Waals surface area contributed by atoms with E-state index in [1.54, 1.807) is 6.08 Å². The molecule has 152 valence electrons. The van der Waals surface area contributed by atoms with Crippen molar-refractivity contribution in [2.24, 2.45) is 0 Å². The molecule has 1 amide bonds. The van der Waals surface area contributed by atoms with Crippen molar-refractivity contribution >= 4 is 34.1 Å². The smallest absolute Gasteiger partial charge is 0.236 e. The lowest BCUT2D eigenvalue weighted by molar-refractivity contribution is -0.113. The zero-order valence-electron chi connectivity index (χ0n) is 16.5. The van der Waals surface area contributed by atoms with Crippen LogP contribution in [0.2, 0.25) is 0 Å². The summed E-state index contributed by atoms with van der Waals surface area (Å²) in [6, 6.07) is 5.95. The Balaban J connectivity index is 1.63. The molecular weight excluding hydrogens is 408 g/mol. The van der Waals surface area contributed by atoms with E-state index in [1.807, 2.05) is 43.5 Å². The predicted molar refractivity (Wildman–Crippen MR) is 114 cm³/mol. The van der Waals surface area contributed by atoms with Crippen LogP contribution in [0.5, 0.6) is 5.75 Å². The summed E-state index contributed by atoms with van der Waals surface area (Å²) in [5.74, 6) is 1.51. The molecule has 0 radical (unpaired) electrons. The van der Waals surface area contributed by atoms with Crippen molar-refractivity contribution in [1.29, 1.82) is 0 Å². The average Bonchev–Trinajstić information content (AvgIpc) is 3.27. The number of carbonyl (C=O) groups is 1. The molecule has 10 heteroatoms. The summed E-state index contributed by atoms with van der Waals surface area (Å²) < 4.78 is 7.84. The van der Waals surface area contributed by atoms with Gasteiger partial charge in [0.15, 0.2) is 11.0 Å². The van der Waals surface area contributed by atoms with Gasteiger partial charge in [-0.1, -0.05) is 41.3 Å². The van der Waals surface area contributed by atoms with Gasteiger partial charge in [-0.3, -0.25) is 14.7 Å². The van der Waals surface area contributed by atoms with Crippen molar-refractivity contribution in [3.05, 3.63) is 52.8 Å². The summed E-state index contributed by atoms with van der Waals surface area (Å²) in [5, 5.41) is 20.9. The van der Waals surface area contributed by atoms with Crippen LogP contribution in [-0.4, -0.2) is 36.6 Å². The molecule has 3 rings (SSSR count). The molecule has 0 spiro atoms. The van der Waals surface area contributed by atoms with E-state index in [1.165, 1.54) is 28.7 Å². The van der Waals surface area contributed by atoms with Crippen LogP contribution in [0.4, 0.5) is 5.13 Å². The van der Waals surface area contributed by atoms with Gasteiger partial charge < -0.3 is 4.74 Å². The Morgan fingerprint density at radius 2 is 2.10 bits per heavy atom.